The SMILES string of the molecule is COc1ccc(C)cc1S(=O)(=O)[C@@H]1CS(=O)(=O)C[C@H]1NCc1ccco1. The lowest BCUT2D eigenvalue weighted by Gasteiger charge is -2.21. The molecule has 2 aromatic rings. The van der Waals surface area contributed by atoms with E-state index in [-0.39, 0.29) is 22.9 Å². The summed E-state index contributed by atoms with van der Waals surface area (Å²) >= 11 is 0. The number of hydrogen-bond donors (Lipinski definition) is 1. The van der Waals surface area contributed by atoms with Crippen molar-refractivity contribution in [1.29, 1.82) is 0 Å². The molecule has 0 saturated carbocycles. The van der Waals surface area contributed by atoms with Crippen LogP contribution in [0.25, 0.3) is 0 Å². The van der Waals surface area contributed by atoms with Gasteiger partial charge in [0.05, 0.1) is 36.7 Å². The molecule has 2 heterocycles. The molecule has 1 aliphatic rings. The Balaban J connectivity index is 1.94. The molecule has 0 unspecified atom stereocenters. The summed E-state index contributed by atoms with van der Waals surface area (Å²) in [5.74, 6) is 0.178. The van der Waals surface area contributed by atoms with E-state index in [4.69, 9.17) is 9.15 Å². The van der Waals surface area contributed by atoms with Crippen LogP contribution < -0.4 is 10.1 Å². The lowest BCUT2D eigenvalue weighted by molar-refractivity contribution is 0.401. The van der Waals surface area contributed by atoms with Crippen molar-refractivity contribution in [1.82, 2.24) is 5.32 Å². The number of sulfone groups is 2. The van der Waals surface area contributed by atoms with Crippen LogP contribution in [-0.4, -0.2) is 46.7 Å². The standard InChI is InChI=1S/C17H21NO6S2/c1-12-5-6-15(23-2)16(8-12)26(21,22)17-11-25(19,20)10-14(17)18-9-13-4-3-7-24-13/h3-8,14,17-18H,9-11H2,1-2H3/t14-,17-/m1/s1. The van der Waals surface area contributed by atoms with Crippen LogP contribution in [0.1, 0.15) is 11.3 Å². The van der Waals surface area contributed by atoms with Crippen molar-refractivity contribution in [3.05, 3.63) is 47.9 Å². The quantitative estimate of drug-likeness (QED) is 0.781. The zero-order valence-electron chi connectivity index (χ0n) is 14.5. The maximum Gasteiger partial charge on any atom is 0.187 e. The molecule has 1 aromatic heterocycles. The molecular formula is C17H21NO6S2. The largest absolute Gasteiger partial charge is 0.495 e. The summed E-state index contributed by atoms with van der Waals surface area (Å²) in [7, 11) is -5.99. The Morgan fingerprint density at radius 3 is 2.69 bits per heavy atom. The van der Waals surface area contributed by atoms with Gasteiger partial charge in [-0.25, -0.2) is 16.8 Å². The van der Waals surface area contributed by atoms with Gasteiger partial charge in [-0.3, -0.25) is 0 Å². The van der Waals surface area contributed by atoms with Crippen LogP contribution in [0, 0.1) is 6.92 Å². The van der Waals surface area contributed by atoms with Crippen molar-refractivity contribution < 1.29 is 26.0 Å². The third-order valence-electron chi connectivity index (χ3n) is 4.44. The van der Waals surface area contributed by atoms with Crippen molar-refractivity contribution in [2.45, 2.75) is 29.7 Å². The minimum atomic E-state index is -3.91. The molecule has 142 valence electrons. The molecule has 0 spiro atoms. The van der Waals surface area contributed by atoms with Crippen molar-refractivity contribution in [2.75, 3.05) is 18.6 Å². The van der Waals surface area contributed by atoms with Gasteiger partial charge in [-0.05, 0) is 36.8 Å². The zero-order chi connectivity index (χ0) is 18.9. The Kier molecular flexibility index (Phi) is 5.14. The van der Waals surface area contributed by atoms with E-state index in [0.29, 0.717) is 5.76 Å². The molecule has 0 radical (unpaired) electrons. The summed E-state index contributed by atoms with van der Waals surface area (Å²) < 4.78 is 61.2. The lowest BCUT2D eigenvalue weighted by Crippen LogP contribution is -2.43. The number of aryl methyl sites for hydroxylation is 1. The fourth-order valence-electron chi connectivity index (χ4n) is 3.13. The number of methoxy groups -OCH3 is 1. The molecule has 26 heavy (non-hydrogen) atoms. The topological polar surface area (TPSA) is 103 Å². The molecule has 0 amide bonds. The van der Waals surface area contributed by atoms with Crippen LogP contribution in [0.4, 0.5) is 0 Å². The number of furan rings is 1. The molecule has 1 N–H and O–H groups in total. The molecular weight excluding hydrogens is 378 g/mol. The lowest BCUT2D eigenvalue weighted by atomic mass is 10.2. The van der Waals surface area contributed by atoms with E-state index in [1.807, 2.05) is 0 Å². The Morgan fingerprint density at radius 2 is 2.04 bits per heavy atom. The molecule has 2 atom stereocenters. The predicted molar refractivity (Wildman–Crippen MR) is 96.7 cm³/mol. The Hall–Kier alpha value is -1.84. The third kappa shape index (κ3) is 3.79. The first-order valence-electron chi connectivity index (χ1n) is 8.08. The second-order valence-electron chi connectivity index (χ2n) is 6.38. The predicted octanol–water partition coefficient (Wildman–Crippen LogP) is 1.33. The minimum Gasteiger partial charge on any atom is -0.495 e. The molecule has 1 aromatic carbocycles. The van der Waals surface area contributed by atoms with Crippen molar-refractivity contribution >= 4 is 19.7 Å². The van der Waals surface area contributed by atoms with Gasteiger partial charge in [0, 0.05) is 6.04 Å². The number of nitrogens with one attached hydrogen (secondary N) is 1. The third-order valence-corrected chi connectivity index (χ3v) is 8.61. The number of ether oxygens (including phenoxy) is 1. The van der Waals surface area contributed by atoms with Gasteiger partial charge >= 0.3 is 0 Å². The number of rotatable bonds is 6. The van der Waals surface area contributed by atoms with E-state index >= 15 is 0 Å². The van der Waals surface area contributed by atoms with E-state index < -0.39 is 36.7 Å². The van der Waals surface area contributed by atoms with Gasteiger partial charge in [0.15, 0.2) is 19.7 Å². The van der Waals surface area contributed by atoms with E-state index in [1.54, 1.807) is 31.2 Å². The highest BCUT2D eigenvalue weighted by atomic mass is 32.2. The molecule has 1 fully saturated rings. The fourth-order valence-corrected chi connectivity index (χ4v) is 8.09. The Bertz CT molecular complexity index is 980. The van der Waals surface area contributed by atoms with Gasteiger partial charge in [0.1, 0.15) is 16.4 Å². The van der Waals surface area contributed by atoms with Gasteiger partial charge in [-0.15, -0.1) is 0 Å². The number of hydrogen-bond acceptors (Lipinski definition) is 7. The Labute approximate surface area is 153 Å². The molecule has 0 aliphatic carbocycles. The first kappa shape index (κ1) is 18.9. The summed E-state index contributed by atoms with van der Waals surface area (Å²) in [6, 6.07) is 7.58. The van der Waals surface area contributed by atoms with Crippen LogP contribution >= 0.6 is 0 Å². The van der Waals surface area contributed by atoms with Gasteiger partial charge < -0.3 is 14.5 Å². The molecule has 9 heteroatoms. The van der Waals surface area contributed by atoms with Gasteiger partial charge in [-0.2, -0.15) is 0 Å². The first-order valence-corrected chi connectivity index (χ1v) is 11.4. The minimum absolute atomic E-state index is 0.0203. The van der Waals surface area contributed by atoms with Gasteiger partial charge in [0.25, 0.3) is 0 Å². The first-order chi connectivity index (χ1) is 12.2. The normalized spacial score (nSPS) is 22.4. The summed E-state index contributed by atoms with van der Waals surface area (Å²) in [6.45, 7) is 2.03. The maximum atomic E-state index is 13.2. The highest BCUT2D eigenvalue weighted by Crippen LogP contribution is 2.32. The summed E-state index contributed by atoms with van der Waals surface area (Å²) in [5.41, 5.74) is 0.755. The van der Waals surface area contributed by atoms with Crippen LogP contribution in [0.3, 0.4) is 0 Å². The second-order valence-corrected chi connectivity index (χ2v) is 10.7. The van der Waals surface area contributed by atoms with Crippen LogP contribution in [0.5, 0.6) is 5.75 Å². The van der Waals surface area contributed by atoms with Crippen LogP contribution in [0.15, 0.2) is 45.9 Å². The van der Waals surface area contributed by atoms with Crippen molar-refractivity contribution in [2.24, 2.45) is 0 Å². The Morgan fingerprint density at radius 1 is 1.27 bits per heavy atom. The highest BCUT2D eigenvalue weighted by Gasteiger charge is 2.46. The van der Waals surface area contributed by atoms with Gasteiger partial charge in [-0.1, -0.05) is 6.07 Å². The van der Waals surface area contributed by atoms with Crippen LogP contribution in [0.2, 0.25) is 0 Å². The zero-order valence-corrected chi connectivity index (χ0v) is 16.1. The molecule has 0 bridgehead atoms. The average Bonchev–Trinajstić information content (AvgIpc) is 3.20. The average molecular weight is 399 g/mol. The highest BCUT2D eigenvalue weighted by molar-refractivity contribution is 7.96. The monoisotopic (exact) mass is 399 g/mol. The summed E-state index contributed by atoms with van der Waals surface area (Å²) in [5, 5.41) is 1.94. The molecule has 1 saturated heterocycles. The fraction of sp³-hybridized carbons (Fsp3) is 0.412. The van der Waals surface area contributed by atoms with E-state index in [0.717, 1.165) is 5.56 Å². The smallest absolute Gasteiger partial charge is 0.187 e. The number of benzene rings is 1. The van der Waals surface area contributed by atoms with Crippen molar-refractivity contribution in [3.8, 4) is 5.75 Å². The van der Waals surface area contributed by atoms with Gasteiger partial charge in [0.2, 0.25) is 0 Å². The molecule has 3 rings (SSSR count). The maximum absolute atomic E-state index is 13.2. The molecule has 1 aliphatic heterocycles. The van der Waals surface area contributed by atoms with Crippen molar-refractivity contribution in [3.63, 3.8) is 0 Å². The molecule has 7 nitrogen and oxygen atoms in total. The summed E-state index contributed by atoms with van der Waals surface area (Å²) in [6.07, 6.45) is 1.51. The summed E-state index contributed by atoms with van der Waals surface area (Å²) in [4.78, 5) is 0.0203. The van der Waals surface area contributed by atoms with Crippen LogP contribution in [-0.2, 0) is 26.2 Å². The van der Waals surface area contributed by atoms with E-state index in [1.165, 1.54) is 19.4 Å². The second kappa shape index (κ2) is 7.05. The van der Waals surface area contributed by atoms with E-state index in [2.05, 4.69) is 5.32 Å². The van der Waals surface area contributed by atoms with E-state index in [9.17, 15) is 16.8 Å².